The number of thioether (sulfide) groups is 1. The molecular weight excluding hydrogens is 390 g/mol. The van der Waals surface area contributed by atoms with Crippen LogP contribution in [-0.2, 0) is 4.79 Å². The highest BCUT2D eigenvalue weighted by atomic mass is 32.2. The first-order valence-electron chi connectivity index (χ1n) is 9.93. The van der Waals surface area contributed by atoms with E-state index in [1.54, 1.807) is 29.4 Å². The summed E-state index contributed by atoms with van der Waals surface area (Å²) < 4.78 is 7.44. The number of fused-ring (bicyclic) bond motifs is 1. The van der Waals surface area contributed by atoms with E-state index in [1.807, 2.05) is 24.0 Å². The maximum Gasteiger partial charge on any atom is 0.257 e. The number of carbonyl (C=O) groups is 1. The molecule has 2 aromatic heterocycles. The van der Waals surface area contributed by atoms with Gasteiger partial charge in [-0.15, -0.1) is 5.10 Å². The van der Waals surface area contributed by atoms with Gasteiger partial charge >= 0.3 is 0 Å². The highest BCUT2D eigenvalue weighted by Gasteiger charge is 2.30. The van der Waals surface area contributed by atoms with Crippen LogP contribution in [0.1, 0.15) is 36.6 Å². The Labute approximate surface area is 173 Å². The summed E-state index contributed by atoms with van der Waals surface area (Å²) in [6, 6.07) is 3.60. The lowest BCUT2D eigenvalue weighted by atomic mass is 9.97. The van der Waals surface area contributed by atoms with Crippen molar-refractivity contribution in [1.82, 2.24) is 24.6 Å². The minimum atomic E-state index is -0.108. The van der Waals surface area contributed by atoms with Crippen molar-refractivity contribution in [1.29, 1.82) is 0 Å². The normalized spacial score (nSPS) is 19.2. The van der Waals surface area contributed by atoms with Gasteiger partial charge in [-0.2, -0.15) is 5.10 Å². The van der Waals surface area contributed by atoms with Gasteiger partial charge in [0.1, 0.15) is 0 Å². The predicted molar refractivity (Wildman–Crippen MR) is 109 cm³/mol. The molecule has 9 heteroatoms. The second kappa shape index (κ2) is 8.52. The number of aryl methyl sites for hydroxylation is 2. The van der Waals surface area contributed by atoms with Crippen molar-refractivity contribution in [2.24, 2.45) is 5.92 Å². The van der Waals surface area contributed by atoms with E-state index in [-0.39, 0.29) is 17.5 Å². The first kappa shape index (κ1) is 19.9. The Morgan fingerprint density at radius 1 is 1.24 bits per heavy atom. The zero-order valence-corrected chi connectivity index (χ0v) is 17.5. The van der Waals surface area contributed by atoms with Crippen molar-refractivity contribution in [2.75, 3.05) is 25.4 Å². The fourth-order valence-corrected chi connectivity index (χ4v) is 4.82. The van der Waals surface area contributed by atoms with Crippen LogP contribution in [0.2, 0.25) is 0 Å². The van der Waals surface area contributed by atoms with Crippen molar-refractivity contribution in [3.05, 3.63) is 39.9 Å². The molecule has 2 aromatic rings. The molecule has 1 amide bonds. The molecule has 1 unspecified atom stereocenters. The van der Waals surface area contributed by atoms with Crippen molar-refractivity contribution in [2.45, 2.75) is 44.3 Å². The number of hydrogen-bond donors (Lipinski definition) is 0. The topological polar surface area (TPSA) is 90.2 Å². The number of rotatable bonds is 5. The number of ether oxygens (including phenoxy) is 1. The first-order valence-corrected chi connectivity index (χ1v) is 10.9. The molecule has 8 nitrogen and oxygen atoms in total. The van der Waals surface area contributed by atoms with Crippen LogP contribution in [0.4, 0.5) is 0 Å². The molecule has 0 radical (unpaired) electrons. The summed E-state index contributed by atoms with van der Waals surface area (Å²) in [5.41, 5.74) is 1.45. The lowest BCUT2D eigenvalue weighted by Crippen LogP contribution is -2.41. The number of carbonyl (C=O) groups excluding carboxylic acids is 1. The second-order valence-electron chi connectivity index (χ2n) is 7.72. The molecule has 0 aromatic carbocycles. The molecule has 154 valence electrons. The van der Waals surface area contributed by atoms with E-state index < -0.39 is 0 Å². The molecule has 0 saturated carbocycles. The molecule has 1 atom stereocenters. The quantitative estimate of drug-likeness (QED) is 0.690. The van der Waals surface area contributed by atoms with E-state index in [0.29, 0.717) is 35.5 Å². The molecule has 2 aliphatic heterocycles. The summed E-state index contributed by atoms with van der Waals surface area (Å²) in [5, 5.41) is 8.74. The van der Waals surface area contributed by atoms with Gasteiger partial charge in [-0.3, -0.25) is 14.2 Å². The Morgan fingerprint density at radius 2 is 2.03 bits per heavy atom. The lowest BCUT2D eigenvalue weighted by Gasteiger charge is -2.32. The number of nitrogens with zero attached hydrogens (tertiary/aromatic N) is 5. The Morgan fingerprint density at radius 3 is 2.76 bits per heavy atom. The molecule has 0 aliphatic carbocycles. The molecule has 1 fully saturated rings. The van der Waals surface area contributed by atoms with Gasteiger partial charge in [-0.05, 0) is 38.7 Å². The Kier molecular flexibility index (Phi) is 5.84. The van der Waals surface area contributed by atoms with Gasteiger partial charge in [0.25, 0.3) is 5.56 Å². The van der Waals surface area contributed by atoms with Crippen molar-refractivity contribution in [3.8, 4) is 5.88 Å². The Hall–Kier alpha value is -2.42. The number of aromatic nitrogens is 4. The van der Waals surface area contributed by atoms with E-state index >= 15 is 0 Å². The minimum absolute atomic E-state index is 0.0344. The Balaban J connectivity index is 1.27. The average molecular weight is 416 g/mol. The van der Waals surface area contributed by atoms with Crippen LogP contribution >= 0.6 is 11.8 Å². The van der Waals surface area contributed by atoms with E-state index in [1.165, 1.54) is 0 Å². The molecule has 0 bridgehead atoms. The molecule has 0 spiro atoms. The van der Waals surface area contributed by atoms with Gasteiger partial charge < -0.3 is 9.64 Å². The Bertz CT molecular complexity index is 938. The van der Waals surface area contributed by atoms with Crippen molar-refractivity contribution >= 4 is 17.7 Å². The van der Waals surface area contributed by atoms with Gasteiger partial charge in [0.05, 0.1) is 18.3 Å². The zero-order chi connectivity index (χ0) is 20.4. The monoisotopic (exact) mass is 415 g/mol. The van der Waals surface area contributed by atoms with E-state index in [2.05, 4.69) is 15.2 Å². The summed E-state index contributed by atoms with van der Waals surface area (Å²) in [6.45, 7) is 5.69. The van der Waals surface area contributed by atoms with Gasteiger partial charge in [-0.1, -0.05) is 11.8 Å². The van der Waals surface area contributed by atoms with Crippen molar-refractivity contribution in [3.63, 3.8) is 0 Å². The maximum absolute atomic E-state index is 12.8. The first-order chi connectivity index (χ1) is 14.0. The minimum Gasteiger partial charge on any atom is -0.476 e. The van der Waals surface area contributed by atoms with Gasteiger partial charge in [0.15, 0.2) is 5.16 Å². The molecule has 0 N–H and O–H groups in total. The number of likely N-dealkylation sites (tertiary alicyclic amines) is 1. The van der Waals surface area contributed by atoms with E-state index in [0.717, 1.165) is 37.4 Å². The lowest BCUT2D eigenvalue weighted by molar-refractivity contribution is -0.133. The van der Waals surface area contributed by atoms with Crippen LogP contribution in [0.25, 0.3) is 0 Å². The van der Waals surface area contributed by atoms with Crippen LogP contribution in [-0.4, -0.2) is 56.0 Å². The SMILES string of the molecule is Cc1ccc(OCC2CCN(C(=O)CC3CSc4ncc(C)c(=O)n43)CC2)nn1. The smallest absolute Gasteiger partial charge is 0.257 e. The maximum atomic E-state index is 12.8. The van der Waals surface area contributed by atoms with Gasteiger partial charge in [0, 0.05) is 43.1 Å². The highest BCUT2D eigenvalue weighted by Crippen LogP contribution is 2.32. The third-order valence-electron chi connectivity index (χ3n) is 5.52. The van der Waals surface area contributed by atoms with Crippen LogP contribution in [0.5, 0.6) is 5.88 Å². The summed E-state index contributed by atoms with van der Waals surface area (Å²) in [7, 11) is 0. The van der Waals surface area contributed by atoms with Gasteiger partial charge in [0.2, 0.25) is 11.8 Å². The second-order valence-corrected chi connectivity index (χ2v) is 8.70. The average Bonchev–Trinajstić information content (AvgIpc) is 3.14. The van der Waals surface area contributed by atoms with E-state index in [4.69, 9.17) is 4.74 Å². The number of hydrogen-bond acceptors (Lipinski definition) is 7. The molecule has 4 heterocycles. The number of amides is 1. The summed E-state index contributed by atoms with van der Waals surface area (Å²) >= 11 is 1.55. The third-order valence-corrected chi connectivity index (χ3v) is 6.63. The fourth-order valence-electron chi connectivity index (χ4n) is 3.72. The van der Waals surface area contributed by atoms with Crippen LogP contribution in [0.15, 0.2) is 28.3 Å². The predicted octanol–water partition coefficient (Wildman–Crippen LogP) is 2.00. The van der Waals surface area contributed by atoms with Gasteiger partial charge in [-0.25, -0.2) is 4.98 Å². The molecule has 4 rings (SSSR count). The van der Waals surface area contributed by atoms with Crippen LogP contribution in [0.3, 0.4) is 0 Å². The molecule has 2 aliphatic rings. The van der Waals surface area contributed by atoms with Crippen LogP contribution < -0.4 is 10.3 Å². The van der Waals surface area contributed by atoms with Crippen molar-refractivity contribution < 1.29 is 9.53 Å². The highest BCUT2D eigenvalue weighted by molar-refractivity contribution is 7.99. The molecule has 1 saturated heterocycles. The molecule has 29 heavy (non-hydrogen) atoms. The van der Waals surface area contributed by atoms with E-state index in [9.17, 15) is 9.59 Å². The van der Waals surface area contributed by atoms with Crippen LogP contribution in [0, 0.1) is 19.8 Å². The number of piperidine rings is 1. The zero-order valence-electron chi connectivity index (χ0n) is 16.7. The third kappa shape index (κ3) is 4.44. The fraction of sp³-hybridized carbons (Fsp3) is 0.550. The molecular formula is C20H25N5O3S. The summed E-state index contributed by atoms with van der Waals surface area (Å²) in [5.74, 6) is 1.78. The standard InChI is InChI=1S/C20H25N5O3S/c1-13-10-21-20-25(19(13)27)16(12-29-20)9-18(26)24-7-5-15(6-8-24)11-28-17-4-3-14(2)22-23-17/h3-4,10,15-16H,5-9,11-12H2,1-2H3. The summed E-state index contributed by atoms with van der Waals surface area (Å²) in [6.07, 6.45) is 3.77. The summed E-state index contributed by atoms with van der Waals surface area (Å²) in [4.78, 5) is 31.5. The largest absolute Gasteiger partial charge is 0.476 e.